The number of nitriles is 1. The number of hydrogen-bond acceptors (Lipinski definition) is 2. The van der Waals surface area contributed by atoms with Crippen LogP contribution in [0.25, 0.3) is 0 Å². The van der Waals surface area contributed by atoms with Crippen molar-refractivity contribution < 1.29 is 5.11 Å². The molecule has 0 radical (unpaired) electrons. The standard InChI is InChI=1S/C9H8BrNO/c10-9-2-1-7(3-4-12)8(5-9)6-11/h1-2,5,12H,3-4H2. The summed E-state index contributed by atoms with van der Waals surface area (Å²) in [7, 11) is 0. The molecule has 0 bridgehead atoms. The summed E-state index contributed by atoms with van der Waals surface area (Å²) in [6.07, 6.45) is 0.538. The molecule has 1 aromatic rings. The minimum Gasteiger partial charge on any atom is -0.396 e. The number of nitrogens with zero attached hydrogens (tertiary/aromatic N) is 1. The van der Waals surface area contributed by atoms with E-state index < -0.39 is 0 Å². The zero-order valence-electron chi connectivity index (χ0n) is 6.42. The van der Waals surface area contributed by atoms with Crippen molar-refractivity contribution >= 4 is 15.9 Å². The Bertz CT molecular complexity index is 317. The van der Waals surface area contributed by atoms with Gasteiger partial charge in [-0.2, -0.15) is 5.26 Å². The number of aliphatic hydroxyl groups excluding tert-OH is 1. The molecule has 12 heavy (non-hydrogen) atoms. The molecule has 2 nitrogen and oxygen atoms in total. The lowest BCUT2D eigenvalue weighted by atomic mass is 10.1. The molecular formula is C9H8BrNO. The molecule has 0 aromatic heterocycles. The first-order valence-corrected chi connectivity index (χ1v) is 4.36. The van der Waals surface area contributed by atoms with Gasteiger partial charge in [-0.05, 0) is 24.1 Å². The van der Waals surface area contributed by atoms with Crippen LogP contribution in [0, 0.1) is 11.3 Å². The van der Waals surface area contributed by atoms with Gasteiger partial charge in [-0.3, -0.25) is 0 Å². The molecule has 0 amide bonds. The second kappa shape index (κ2) is 4.24. The lowest BCUT2D eigenvalue weighted by Gasteiger charge is -2.00. The van der Waals surface area contributed by atoms with Crippen molar-refractivity contribution in [1.82, 2.24) is 0 Å². The van der Waals surface area contributed by atoms with E-state index in [1.807, 2.05) is 12.1 Å². The smallest absolute Gasteiger partial charge is 0.0994 e. The second-order valence-electron chi connectivity index (χ2n) is 2.39. The van der Waals surface area contributed by atoms with E-state index in [1.165, 1.54) is 0 Å². The topological polar surface area (TPSA) is 44.0 Å². The van der Waals surface area contributed by atoms with Crippen molar-refractivity contribution in [1.29, 1.82) is 5.26 Å². The van der Waals surface area contributed by atoms with Gasteiger partial charge in [0.05, 0.1) is 11.6 Å². The summed E-state index contributed by atoms with van der Waals surface area (Å²) in [6.45, 7) is 0.0797. The molecule has 1 N–H and O–H groups in total. The fourth-order valence-electron chi connectivity index (χ4n) is 0.991. The highest BCUT2D eigenvalue weighted by Gasteiger charge is 2.00. The van der Waals surface area contributed by atoms with Crippen molar-refractivity contribution in [2.75, 3.05) is 6.61 Å². The van der Waals surface area contributed by atoms with Gasteiger partial charge in [0.25, 0.3) is 0 Å². The quantitative estimate of drug-likeness (QED) is 0.836. The Labute approximate surface area is 79.6 Å². The molecule has 0 saturated heterocycles. The van der Waals surface area contributed by atoms with E-state index in [4.69, 9.17) is 10.4 Å². The first-order chi connectivity index (χ1) is 5.77. The summed E-state index contributed by atoms with van der Waals surface area (Å²) in [5.74, 6) is 0. The predicted octanol–water partition coefficient (Wildman–Crippen LogP) is 1.86. The first-order valence-electron chi connectivity index (χ1n) is 3.57. The molecule has 0 aliphatic rings. The van der Waals surface area contributed by atoms with Crippen molar-refractivity contribution in [3.63, 3.8) is 0 Å². The Morgan fingerprint density at radius 1 is 1.50 bits per heavy atom. The number of benzene rings is 1. The maximum Gasteiger partial charge on any atom is 0.0994 e. The van der Waals surface area contributed by atoms with E-state index in [0.29, 0.717) is 12.0 Å². The van der Waals surface area contributed by atoms with Crippen molar-refractivity contribution in [2.45, 2.75) is 6.42 Å². The fourth-order valence-corrected chi connectivity index (χ4v) is 1.35. The largest absolute Gasteiger partial charge is 0.396 e. The van der Waals surface area contributed by atoms with E-state index in [2.05, 4.69) is 22.0 Å². The summed E-state index contributed by atoms with van der Waals surface area (Å²) in [5, 5.41) is 17.4. The monoisotopic (exact) mass is 225 g/mol. The Hall–Kier alpha value is -0.850. The molecule has 62 valence electrons. The van der Waals surface area contributed by atoms with Crippen LogP contribution >= 0.6 is 15.9 Å². The predicted molar refractivity (Wildman–Crippen MR) is 49.6 cm³/mol. The van der Waals surface area contributed by atoms with Crippen LogP contribution in [0.3, 0.4) is 0 Å². The van der Waals surface area contributed by atoms with Gasteiger partial charge < -0.3 is 5.11 Å². The van der Waals surface area contributed by atoms with Crippen LogP contribution in [0.1, 0.15) is 11.1 Å². The van der Waals surface area contributed by atoms with E-state index >= 15 is 0 Å². The Balaban J connectivity index is 3.05. The molecule has 0 spiro atoms. The normalized spacial score (nSPS) is 9.42. The third-order valence-corrected chi connectivity index (χ3v) is 2.07. The highest BCUT2D eigenvalue weighted by Crippen LogP contribution is 2.16. The number of aliphatic hydroxyl groups is 1. The maximum atomic E-state index is 8.72. The van der Waals surface area contributed by atoms with Crippen LogP contribution < -0.4 is 0 Å². The molecule has 0 aliphatic heterocycles. The zero-order valence-corrected chi connectivity index (χ0v) is 8.00. The summed E-state index contributed by atoms with van der Waals surface area (Å²) in [5.41, 5.74) is 1.52. The van der Waals surface area contributed by atoms with Gasteiger partial charge in [0.2, 0.25) is 0 Å². The molecule has 0 aliphatic carbocycles. The number of hydrogen-bond donors (Lipinski definition) is 1. The molecule has 0 atom stereocenters. The molecule has 0 saturated carbocycles. The van der Waals surface area contributed by atoms with Gasteiger partial charge in [-0.25, -0.2) is 0 Å². The SMILES string of the molecule is N#Cc1cc(Br)ccc1CCO. The van der Waals surface area contributed by atoms with Crippen LogP contribution in [0.2, 0.25) is 0 Å². The molecule has 3 heteroatoms. The lowest BCUT2D eigenvalue weighted by molar-refractivity contribution is 0.299. The number of halogens is 1. The van der Waals surface area contributed by atoms with Crippen LogP contribution in [0.5, 0.6) is 0 Å². The van der Waals surface area contributed by atoms with E-state index in [-0.39, 0.29) is 6.61 Å². The minimum atomic E-state index is 0.0797. The van der Waals surface area contributed by atoms with E-state index in [9.17, 15) is 0 Å². The fraction of sp³-hybridized carbons (Fsp3) is 0.222. The summed E-state index contributed by atoms with van der Waals surface area (Å²) >= 11 is 3.27. The van der Waals surface area contributed by atoms with Crippen molar-refractivity contribution in [3.8, 4) is 6.07 Å². The molecule has 0 heterocycles. The third kappa shape index (κ3) is 2.07. The Kier molecular flexibility index (Phi) is 3.27. The summed E-state index contributed by atoms with van der Waals surface area (Å²) in [6, 6.07) is 7.55. The molecule has 1 aromatic carbocycles. The maximum absolute atomic E-state index is 8.72. The van der Waals surface area contributed by atoms with Crippen LogP contribution in [-0.4, -0.2) is 11.7 Å². The van der Waals surface area contributed by atoms with Gasteiger partial charge in [-0.1, -0.05) is 22.0 Å². The van der Waals surface area contributed by atoms with Crippen LogP contribution in [0.4, 0.5) is 0 Å². The van der Waals surface area contributed by atoms with E-state index in [1.54, 1.807) is 6.07 Å². The second-order valence-corrected chi connectivity index (χ2v) is 3.30. The molecule has 0 unspecified atom stereocenters. The molecular weight excluding hydrogens is 218 g/mol. The Morgan fingerprint density at radius 3 is 2.83 bits per heavy atom. The van der Waals surface area contributed by atoms with Crippen LogP contribution in [-0.2, 0) is 6.42 Å². The minimum absolute atomic E-state index is 0.0797. The van der Waals surface area contributed by atoms with Gasteiger partial charge in [0, 0.05) is 11.1 Å². The molecule has 0 fully saturated rings. The zero-order chi connectivity index (χ0) is 8.97. The number of rotatable bonds is 2. The average Bonchev–Trinajstić information content (AvgIpc) is 2.08. The first kappa shape index (κ1) is 9.24. The summed E-state index contributed by atoms with van der Waals surface area (Å²) in [4.78, 5) is 0. The van der Waals surface area contributed by atoms with Gasteiger partial charge >= 0.3 is 0 Å². The van der Waals surface area contributed by atoms with Gasteiger partial charge in [-0.15, -0.1) is 0 Å². The lowest BCUT2D eigenvalue weighted by Crippen LogP contribution is -1.94. The highest BCUT2D eigenvalue weighted by molar-refractivity contribution is 9.10. The van der Waals surface area contributed by atoms with Crippen molar-refractivity contribution in [3.05, 3.63) is 33.8 Å². The van der Waals surface area contributed by atoms with E-state index in [0.717, 1.165) is 10.0 Å². The Morgan fingerprint density at radius 2 is 2.25 bits per heavy atom. The van der Waals surface area contributed by atoms with Crippen LogP contribution in [0.15, 0.2) is 22.7 Å². The van der Waals surface area contributed by atoms with Gasteiger partial charge in [0.1, 0.15) is 0 Å². The third-order valence-electron chi connectivity index (χ3n) is 1.57. The highest BCUT2D eigenvalue weighted by atomic mass is 79.9. The van der Waals surface area contributed by atoms with Crippen molar-refractivity contribution in [2.24, 2.45) is 0 Å². The molecule has 1 rings (SSSR count). The summed E-state index contributed by atoms with van der Waals surface area (Å²) < 4.78 is 0.890. The average molecular weight is 226 g/mol. The van der Waals surface area contributed by atoms with Gasteiger partial charge in [0.15, 0.2) is 0 Å².